The number of rotatable bonds is 8. The van der Waals surface area contributed by atoms with Gasteiger partial charge in [0.25, 0.3) is 0 Å². The van der Waals surface area contributed by atoms with Crippen molar-refractivity contribution in [2.75, 3.05) is 37.6 Å². The number of benzene rings is 1. The summed E-state index contributed by atoms with van der Waals surface area (Å²) in [5.41, 5.74) is 2.90. The van der Waals surface area contributed by atoms with Crippen LogP contribution in [0.25, 0.3) is 0 Å². The van der Waals surface area contributed by atoms with Crippen molar-refractivity contribution < 1.29 is 8.92 Å². The van der Waals surface area contributed by atoms with Crippen LogP contribution in [0.15, 0.2) is 35.3 Å². The summed E-state index contributed by atoms with van der Waals surface area (Å²) >= 11 is 0. The van der Waals surface area contributed by atoms with Gasteiger partial charge < -0.3 is 13.8 Å². The zero-order valence-corrected chi connectivity index (χ0v) is 21.2. The van der Waals surface area contributed by atoms with Gasteiger partial charge in [0.05, 0.1) is 5.92 Å². The Labute approximate surface area is 191 Å². The first-order chi connectivity index (χ1) is 14.6. The first-order valence-electron chi connectivity index (χ1n) is 11.1. The molecule has 0 N–H and O–H groups in total. The standard InChI is InChI=1S/C26H40N2O2S/c1-10-22(20(3)19-27-7)23-18-21(30-31(8,9)26(4,5)6)15-16-24(23)28(11-2)25-14-12-13-17-29-25/h1,15-16,18-19,22,25H,3,11-14,17H2,2,4-9H3. The number of hydrogen-bond donors (Lipinski definition) is 0. The van der Waals surface area contributed by atoms with E-state index in [0.29, 0.717) is 0 Å². The molecule has 4 nitrogen and oxygen atoms in total. The molecule has 2 rings (SSSR count). The lowest BCUT2D eigenvalue weighted by molar-refractivity contribution is 0.0148. The molecule has 2 unspecified atom stereocenters. The monoisotopic (exact) mass is 444 g/mol. The first-order valence-corrected chi connectivity index (χ1v) is 13.4. The van der Waals surface area contributed by atoms with Crippen LogP contribution in [0.4, 0.5) is 5.69 Å². The smallest absolute Gasteiger partial charge is 0.135 e. The van der Waals surface area contributed by atoms with Gasteiger partial charge in [-0.25, -0.2) is 0 Å². The predicted molar refractivity (Wildman–Crippen MR) is 138 cm³/mol. The molecule has 0 saturated carbocycles. The van der Waals surface area contributed by atoms with Gasteiger partial charge in [-0.15, -0.1) is 6.42 Å². The van der Waals surface area contributed by atoms with Crippen LogP contribution < -0.4 is 9.08 Å². The summed E-state index contributed by atoms with van der Waals surface area (Å²) in [7, 11) is 0.410. The maximum absolute atomic E-state index is 6.56. The normalized spacial score (nSPS) is 19.0. The molecule has 1 aliphatic heterocycles. The number of nitrogens with zero attached hydrogens (tertiary/aromatic N) is 2. The van der Waals surface area contributed by atoms with Gasteiger partial charge in [-0.1, -0.05) is 22.8 Å². The molecule has 172 valence electrons. The number of terminal acetylenes is 1. The predicted octanol–water partition coefficient (Wildman–Crippen LogP) is 6.17. The Morgan fingerprint density at radius 3 is 2.65 bits per heavy atom. The quantitative estimate of drug-likeness (QED) is 0.355. The summed E-state index contributed by atoms with van der Waals surface area (Å²) in [5, 5.41) is 0. The van der Waals surface area contributed by atoms with Crippen LogP contribution in [0.5, 0.6) is 5.75 Å². The van der Waals surface area contributed by atoms with E-state index in [1.54, 1.807) is 13.3 Å². The third-order valence-corrected chi connectivity index (χ3v) is 9.63. The van der Waals surface area contributed by atoms with Crippen molar-refractivity contribution in [3.8, 4) is 18.1 Å². The lowest BCUT2D eigenvalue weighted by atomic mass is 9.91. The fourth-order valence-electron chi connectivity index (χ4n) is 3.58. The minimum Gasteiger partial charge on any atom is -0.449 e. The molecule has 1 heterocycles. The third kappa shape index (κ3) is 6.08. The highest BCUT2D eigenvalue weighted by Gasteiger charge is 2.31. The molecular weight excluding hydrogens is 404 g/mol. The number of hydrogen-bond acceptors (Lipinski definition) is 4. The summed E-state index contributed by atoms with van der Waals surface area (Å²) in [6.45, 7) is 14.7. The van der Waals surface area contributed by atoms with Crippen LogP contribution in [0.3, 0.4) is 0 Å². The third-order valence-electron chi connectivity index (χ3n) is 6.08. The van der Waals surface area contributed by atoms with Gasteiger partial charge in [0.15, 0.2) is 0 Å². The zero-order valence-electron chi connectivity index (χ0n) is 20.4. The highest BCUT2D eigenvalue weighted by atomic mass is 32.3. The van der Waals surface area contributed by atoms with E-state index in [9.17, 15) is 0 Å². The molecule has 5 heteroatoms. The molecule has 0 amide bonds. The van der Waals surface area contributed by atoms with Crippen molar-refractivity contribution in [2.24, 2.45) is 4.99 Å². The first kappa shape index (κ1) is 25.4. The molecule has 31 heavy (non-hydrogen) atoms. The summed E-state index contributed by atoms with van der Waals surface area (Å²) in [6.07, 6.45) is 15.5. The molecule has 0 aromatic heterocycles. The van der Waals surface area contributed by atoms with Crippen LogP contribution in [-0.2, 0) is 4.74 Å². The highest BCUT2D eigenvalue weighted by Crippen LogP contribution is 2.54. The largest absolute Gasteiger partial charge is 0.449 e. The van der Waals surface area contributed by atoms with E-state index in [4.69, 9.17) is 15.3 Å². The van der Waals surface area contributed by atoms with Gasteiger partial charge in [0.1, 0.15) is 12.0 Å². The summed E-state index contributed by atoms with van der Waals surface area (Å²) < 4.78 is 12.7. The minimum atomic E-state index is -1.33. The summed E-state index contributed by atoms with van der Waals surface area (Å²) in [5.74, 6) is 3.50. The van der Waals surface area contributed by atoms with Crippen molar-refractivity contribution in [1.29, 1.82) is 0 Å². The van der Waals surface area contributed by atoms with Crippen LogP contribution in [0.2, 0.25) is 0 Å². The second-order valence-corrected chi connectivity index (χ2v) is 13.2. The topological polar surface area (TPSA) is 34.1 Å². The Bertz CT molecular complexity index is 827. The number of allylic oxidation sites excluding steroid dienone is 1. The SMILES string of the molecule is C#CC(C(=C)C=NC)c1cc(OS(C)(C)C(C)(C)C)ccc1N(CC)C1CCCCO1. The van der Waals surface area contributed by atoms with Crippen LogP contribution in [0, 0.1) is 12.3 Å². The summed E-state index contributed by atoms with van der Waals surface area (Å²) in [4.78, 5) is 6.46. The number of aliphatic imine (C=N–C) groups is 1. The van der Waals surface area contributed by atoms with Gasteiger partial charge in [0, 0.05) is 36.8 Å². The van der Waals surface area contributed by atoms with Gasteiger partial charge in [0.2, 0.25) is 0 Å². The van der Waals surface area contributed by atoms with Gasteiger partial charge in [-0.3, -0.25) is 4.99 Å². The van der Waals surface area contributed by atoms with E-state index < -0.39 is 10.3 Å². The summed E-state index contributed by atoms with van der Waals surface area (Å²) in [6, 6.07) is 6.29. The van der Waals surface area contributed by atoms with Crippen molar-refractivity contribution in [3.05, 3.63) is 35.9 Å². The van der Waals surface area contributed by atoms with E-state index >= 15 is 0 Å². The average Bonchev–Trinajstić information content (AvgIpc) is 2.70. The second-order valence-electron chi connectivity index (χ2n) is 9.32. The van der Waals surface area contributed by atoms with Gasteiger partial charge in [-0.05, 0) is 88.8 Å². The maximum Gasteiger partial charge on any atom is 0.135 e. The van der Waals surface area contributed by atoms with E-state index in [1.807, 2.05) is 0 Å². The Hall–Kier alpha value is -1.90. The molecule has 0 aliphatic carbocycles. The Morgan fingerprint density at radius 1 is 1.42 bits per heavy atom. The van der Waals surface area contributed by atoms with Crippen molar-refractivity contribution >= 4 is 22.2 Å². The average molecular weight is 445 g/mol. The molecule has 1 aromatic rings. The van der Waals surface area contributed by atoms with Crippen molar-refractivity contribution in [1.82, 2.24) is 0 Å². The molecule has 1 aliphatic rings. The fraction of sp³-hybridized carbons (Fsp3) is 0.577. The Morgan fingerprint density at radius 2 is 2.13 bits per heavy atom. The van der Waals surface area contributed by atoms with E-state index in [-0.39, 0.29) is 16.9 Å². The molecule has 0 radical (unpaired) electrons. The van der Waals surface area contributed by atoms with Gasteiger partial charge in [-0.2, -0.15) is 0 Å². The highest BCUT2D eigenvalue weighted by molar-refractivity contribution is 8.30. The van der Waals surface area contributed by atoms with Crippen LogP contribution in [-0.4, -0.2) is 49.9 Å². The Balaban J connectivity index is 2.56. The Kier molecular flexibility index (Phi) is 8.68. The van der Waals surface area contributed by atoms with E-state index in [2.05, 4.69) is 80.8 Å². The van der Waals surface area contributed by atoms with E-state index in [1.165, 1.54) is 6.42 Å². The lowest BCUT2D eigenvalue weighted by Crippen LogP contribution is -2.40. The molecule has 1 aromatic carbocycles. The lowest BCUT2D eigenvalue weighted by Gasteiger charge is -2.44. The zero-order chi connectivity index (χ0) is 23.2. The molecule has 2 atom stereocenters. The molecule has 1 saturated heterocycles. The fourth-order valence-corrected chi connectivity index (χ4v) is 4.41. The van der Waals surface area contributed by atoms with Crippen molar-refractivity contribution in [3.63, 3.8) is 0 Å². The van der Waals surface area contributed by atoms with Gasteiger partial charge >= 0.3 is 0 Å². The van der Waals surface area contributed by atoms with Crippen LogP contribution >= 0.6 is 10.3 Å². The molecular formula is C26H40N2O2S. The number of anilines is 1. The molecule has 0 spiro atoms. The second kappa shape index (κ2) is 10.6. The van der Waals surface area contributed by atoms with E-state index in [0.717, 1.165) is 48.6 Å². The molecule has 0 bridgehead atoms. The minimum absolute atomic E-state index is 0.0568. The number of ether oxygens (including phenoxy) is 1. The molecule has 1 fully saturated rings. The van der Waals surface area contributed by atoms with Crippen molar-refractivity contribution in [2.45, 2.75) is 63.9 Å². The maximum atomic E-state index is 6.56. The van der Waals surface area contributed by atoms with Crippen LogP contribution in [0.1, 0.15) is 58.4 Å².